The molecule has 1 atom stereocenters. The lowest BCUT2D eigenvalue weighted by atomic mass is 10.2. The van der Waals surface area contributed by atoms with Gasteiger partial charge in [0.15, 0.2) is 0 Å². The predicted molar refractivity (Wildman–Crippen MR) is 83.1 cm³/mol. The Morgan fingerprint density at radius 1 is 1.35 bits per heavy atom. The van der Waals surface area contributed by atoms with Gasteiger partial charge in [0.2, 0.25) is 0 Å². The van der Waals surface area contributed by atoms with Gasteiger partial charge < -0.3 is 10.4 Å². The van der Waals surface area contributed by atoms with Gasteiger partial charge in [0.1, 0.15) is 5.69 Å². The monoisotopic (exact) mass is 290 g/mol. The van der Waals surface area contributed by atoms with E-state index < -0.39 is 0 Å². The summed E-state index contributed by atoms with van der Waals surface area (Å²) in [6.07, 6.45) is 2.53. The fourth-order valence-corrected chi connectivity index (χ4v) is 2.66. The zero-order valence-corrected chi connectivity index (χ0v) is 12.2. The van der Waals surface area contributed by atoms with Crippen LogP contribution in [0.3, 0.4) is 0 Å². The Morgan fingerprint density at radius 2 is 2.15 bits per heavy atom. The molecule has 106 valence electrons. The highest BCUT2D eigenvalue weighted by Crippen LogP contribution is 2.12. The van der Waals surface area contributed by atoms with Crippen LogP contribution in [0.2, 0.25) is 0 Å². The number of rotatable bonds is 6. The van der Waals surface area contributed by atoms with Crippen molar-refractivity contribution in [2.75, 3.05) is 18.6 Å². The number of para-hydroxylation sites is 1. The van der Waals surface area contributed by atoms with Crippen LogP contribution in [0.4, 0.5) is 0 Å². The summed E-state index contributed by atoms with van der Waals surface area (Å²) in [7, 11) is 0. The van der Waals surface area contributed by atoms with Gasteiger partial charge in [-0.2, -0.15) is 11.8 Å². The maximum atomic E-state index is 12.2. The van der Waals surface area contributed by atoms with Crippen LogP contribution in [0.5, 0.6) is 0 Å². The molecule has 0 fully saturated rings. The van der Waals surface area contributed by atoms with E-state index in [1.165, 1.54) is 0 Å². The van der Waals surface area contributed by atoms with Crippen molar-refractivity contribution in [2.45, 2.75) is 12.5 Å². The second-order valence-electron chi connectivity index (χ2n) is 4.53. The second-order valence-corrected chi connectivity index (χ2v) is 5.44. The van der Waals surface area contributed by atoms with E-state index >= 15 is 0 Å². The van der Waals surface area contributed by atoms with Crippen molar-refractivity contribution < 1.29 is 9.90 Å². The van der Waals surface area contributed by atoms with Crippen LogP contribution in [0.25, 0.3) is 10.9 Å². The Labute approximate surface area is 122 Å². The zero-order chi connectivity index (χ0) is 14.4. The number of benzene rings is 1. The molecule has 5 heteroatoms. The highest BCUT2D eigenvalue weighted by molar-refractivity contribution is 7.98. The minimum absolute atomic E-state index is 0.0317. The van der Waals surface area contributed by atoms with Crippen LogP contribution in [0.1, 0.15) is 16.9 Å². The molecule has 0 saturated heterocycles. The lowest BCUT2D eigenvalue weighted by Gasteiger charge is -2.16. The number of pyridine rings is 1. The summed E-state index contributed by atoms with van der Waals surface area (Å²) in [5.41, 5.74) is 1.22. The number of hydrogen-bond acceptors (Lipinski definition) is 4. The smallest absolute Gasteiger partial charge is 0.270 e. The van der Waals surface area contributed by atoms with Crippen molar-refractivity contribution in [3.05, 3.63) is 42.1 Å². The van der Waals surface area contributed by atoms with Crippen molar-refractivity contribution in [3.8, 4) is 0 Å². The van der Waals surface area contributed by atoms with Gasteiger partial charge in [-0.05, 0) is 24.8 Å². The lowest BCUT2D eigenvalue weighted by molar-refractivity contribution is 0.0930. The number of amides is 1. The normalized spacial score (nSPS) is 12.3. The van der Waals surface area contributed by atoms with E-state index in [9.17, 15) is 4.79 Å². The summed E-state index contributed by atoms with van der Waals surface area (Å²) < 4.78 is 0. The molecule has 1 aromatic carbocycles. The first-order valence-corrected chi connectivity index (χ1v) is 7.90. The molecule has 2 N–H and O–H groups in total. The topological polar surface area (TPSA) is 62.2 Å². The molecule has 20 heavy (non-hydrogen) atoms. The largest absolute Gasteiger partial charge is 0.396 e. The van der Waals surface area contributed by atoms with Gasteiger partial charge in [-0.15, -0.1) is 0 Å². The average Bonchev–Trinajstić information content (AvgIpc) is 2.47. The molecule has 2 rings (SSSR count). The summed E-state index contributed by atoms with van der Waals surface area (Å²) in [6, 6.07) is 11.3. The number of nitrogens with one attached hydrogen (secondary N) is 1. The first kappa shape index (κ1) is 14.8. The molecule has 1 amide bonds. The lowest BCUT2D eigenvalue weighted by Crippen LogP contribution is -2.37. The first-order chi connectivity index (χ1) is 9.74. The van der Waals surface area contributed by atoms with Gasteiger partial charge in [-0.1, -0.05) is 24.3 Å². The quantitative estimate of drug-likeness (QED) is 0.855. The Bertz CT molecular complexity index is 583. The molecule has 1 heterocycles. The molecule has 0 aliphatic rings. The Morgan fingerprint density at radius 3 is 2.90 bits per heavy atom. The molecule has 2 aromatic rings. The fourth-order valence-electron chi connectivity index (χ4n) is 2.01. The highest BCUT2D eigenvalue weighted by atomic mass is 32.2. The van der Waals surface area contributed by atoms with Crippen LogP contribution < -0.4 is 5.32 Å². The number of aliphatic hydroxyl groups is 1. The second kappa shape index (κ2) is 7.26. The molecule has 0 spiro atoms. The minimum Gasteiger partial charge on any atom is -0.396 e. The maximum absolute atomic E-state index is 12.2. The number of hydrogen-bond donors (Lipinski definition) is 2. The summed E-state index contributed by atoms with van der Waals surface area (Å²) in [5.74, 6) is 0.586. The molecule has 1 aromatic heterocycles. The highest BCUT2D eigenvalue weighted by Gasteiger charge is 2.14. The fraction of sp³-hybridized carbons (Fsp3) is 0.333. The number of carbonyl (C=O) groups excluding carboxylic acids is 1. The van der Waals surface area contributed by atoms with Gasteiger partial charge >= 0.3 is 0 Å². The number of nitrogens with zero attached hydrogens (tertiary/aromatic N) is 1. The number of aromatic nitrogens is 1. The third kappa shape index (κ3) is 3.71. The van der Waals surface area contributed by atoms with E-state index in [1.807, 2.05) is 36.6 Å². The molecule has 1 unspecified atom stereocenters. The number of fused-ring (bicyclic) bond motifs is 1. The Balaban J connectivity index is 2.13. The van der Waals surface area contributed by atoms with Crippen molar-refractivity contribution in [1.82, 2.24) is 10.3 Å². The number of thioether (sulfide) groups is 1. The molecule has 0 aliphatic heterocycles. The van der Waals surface area contributed by atoms with Gasteiger partial charge in [0.05, 0.1) is 5.52 Å². The summed E-state index contributed by atoms with van der Waals surface area (Å²) in [4.78, 5) is 16.6. The summed E-state index contributed by atoms with van der Waals surface area (Å²) in [6.45, 7) is 0.0661. The van der Waals surface area contributed by atoms with E-state index in [0.717, 1.165) is 16.7 Å². The van der Waals surface area contributed by atoms with Crippen LogP contribution in [-0.4, -0.2) is 40.7 Å². The zero-order valence-electron chi connectivity index (χ0n) is 11.4. The van der Waals surface area contributed by atoms with E-state index in [1.54, 1.807) is 17.8 Å². The molecular formula is C15H18N2O2S. The number of aliphatic hydroxyl groups excluding tert-OH is 1. The van der Waals surface area contributed by atoms with Gasteiger partial charge in [0.25, 0.3) is 5.91 Å². The van der Waals surface area contributed by atoms with Crippen LogP contribution in [0.15, 0.2) is 36.4 Å². The van der Waals surface area contributed by atoms with Gasteiger partial charge in [-0.25, -0.2) is 4.98 Å². The predicted octanol–water partition coefficient (Wildman–Crippen LogP) is 2.08. The Hall–Kier alpha value is -1.59. The third-order valence-corrected chi connectivity index (χ3v) is 3.75. The van der Waals surface area contributed by atoms with Crippen LogP contribution >= 0.6 is 11.8 Å². The number of carbonyl (C=O) groups is 1. The third-order valence-electron chi connectivity index (χ3n) is 3.01. The van der Waals surface area contributed by atoms with E-state index in [4.69, 9.17) is 5.11 Å². The van der Waals surface area contributed by atoms with Crippen molar-refractivity contribution >= 4 is 28.6 Å². The molecule has 0 saturated carbocycles. The molecule has 0 bridgehead atoms. The van der Waals surface area contributed by atoms with E-state index in [-0.39, 0.29) is 18.6 Å². The average molecular weight is 290 g/mol. The first-order valence-electron chi connectivity index (χ1n) is 6.51. The Kier molecular flexibility index (Phi) is 5.38. The standard InChI is InChI=1S/C15H18N2O2S/c1-20-10-12(8-9-18)16-15(19)14-7-6-11-4-2-3-5-13(11)17-14/h2-7,12,18H,8-10H2,1H3,(H,16,19). The summed E-state index contributed by atoms with van der Waals surface area (Å²) >= 11 is 1.64. The SMILES string of the molecule is CSCC(CCO)NC(=O)c1ccc2ccccc2n1. The van der Waals surface area contributed by atoms with Crippen molar-refractivity contribution in [1.29, 1.82) is 0 Å². The van der Waals surface area contributed by atoms with Crippen molar-refractivity contribution in [3.63, 3.8) is 0 Å². The van der Waals surface area contributed by atoms with Crippen LogP contribution in [0, 0.1) is 0 Å². The molecule has 4 nitrogen and oxygen atoms in total. The van der Waals surface area contributed by atoms with Gasteiger partial charge in [0, 0.05) is 23.8 Å². The summed E-state index contributed by atoms with van der Waals surface area (Å²) in [5, 5.41) is 12.9. The van der Waals surface area contributed by atoms with Crippen LogP contribution in [-0.2, 0) is 0 Å². The van der Waals surface area contributed by atoms with E-state index in [0.29, 0.717) is 12.1 Å². The van der Waals surface area contributed by atoms with E-state index in [2.05, 4.69) is 10.3 Å². The van der Waals surface area contributed by atoms with Crippen molar-refractivity contribution in [2.24, 2.45) is 0 Å². The minimum atomic E-state index is -0.191. The molecular weight excluding hydrogens is 272 g/mol. The molecule has 0 radical (unpaired) electrons. The maximum Gasteiger partial charge on any atom is 0.270 e. The van der Waals surface area contributed by atoms with Gasteiger partial charge in [-0.3, -0.25) is 4.79 Å². The molecule has 0 aliphatic carbocycles.